The first kappa shape index (κ1) is 19.3. The third kappa shape index (κ3) is 3.51. The molecule has 0 bridgehead atoms. The van der Waals surface area contributed by atoms with E-state index < -0.39 is 5.91 Å². The van der Waals surface area contributed by atoms with Gasteiger partial charge in [0.05, 0.1) is 21.3 Å². The van der Waals surface area contributed by atoms with Gasteiger partial charge in [0, 0.05) is 5.56 Å². The highest BCUT2D eigenvalue weighted by atomic mass is 35.5. The summed E-state index contributed by atoms with van der Waals surface area (Å²) in [6.45, 7) is 9.87. The number of carbonyl (C=O) groups excluding carboxylic acids is 2. The molecule has 0 aliphatic rings. The fourth-order valence-electron chi connectivity index (χ4n) is 2.86. The Hall–Kier alpha value is -2.04. The third-order valence-corrected chi connectivity index (χ3v) is 5.42. The minimum absolute atomic E-state index is 0.103. The van der Waals surface area contributed by atoms with E-state index in [1.54, 1.807) is 0 Å². The molecule has 132 valence electrons. The number of nitrogens with one attached hydrogen (secondary N) is 1. The molecule has 0 aliphatic heterocycles. The van der Waals surface area contributed by atoms with E-state index in [9.17, 15) is 9.59 Å². The second kappa shape index (κ2) is 7.06. The summed E-state index contributed by atoms with van der Waals surface area (Å²) >= 11 is 12.1. The Morgan fingerprint density at radius 1 is 0.840 bits per heavy atom. The summed E-state index contributed by atoms with van der Waals surface area (Å²) in [4.78, 5) is 24.3. The van der Waals surface area contributed by atoms with Crippen LogP contribution in [0.3, 0.4) is 0 Å². The van der Waals surface area contributed by atoms with E-state index in [1.807, 2.05) is 34.6 Å². The van der Waals surface area contributed by atoms with Gasteiger partial charge in [-0.25, -0.2) is 0 Å². The van der Waals surface area contributed by atoms with Crippen LogP contribution in [0.25, 0.3) is 0 Å². The molecule has 4 nitrogen and oxygen atoms in total. The smallest absolute Gasteiger partial charge is 0.256 e. The van der Waals surface area contributed by atoms with Gasteiger partial charge < -0.3 is 11.1 Å². The van der Waals surface area contributed by atoms with Gasteiger partial charge in [0.15, 0.2) is 0 Å². The quantitative estimate of drug-likeness (QED) is 0.797. The lowest BCUT2D eigenvalue weighted by molar-refractivity contribution is 0.0996. The molecule has 2 aromatic rings. The van der Waals surface area contributed by atoms with Crippen LogP contribution in [0.2, 0.25) is 10.0 Å². The van der Waals surface area contributed by atoms with Crippen LogP contribution in [0.4, 0.5) is 5.69 Å². The third-order valence-electron chi connectivity index (χ3n) is 4.80. The van der Waals surface area contributed by atoms with E-state index in [0.29, 0.717) is 11.3 Å². The molecular weight excluding hydrogens is 359 g/mol. The maximum absolute atomic E-state index is 12.9. The molecule has 0 aromatic heterocycles. The average Bonchev–Trinajstić information content (AvgIpc) is 2.53. The van der Waals surface area contributed by atoms with Crippen LogP contribution in [0.1, 0.15) is 48.5 Å². The molecule has 3 N–H and O–H groups in total. The standard InChI is InChI=1S/C19H20Cl2N2O2/c1-8-9(2)11(4)17(12(5)10(8)3)19(25)23-16-6-13(18(22)24)14(20)7-15(16)21/h6-7H,1-5H3,(H2,22,24)(H,23,25). The van der Waals surface area contributed by atoms with Gasteiger partial charge in [0.1, 0.15) is 0 Å². The van der Waals surface area contributed by atoms with Crippen LogP contribution in [0.15, 0.2) is 12.1 Å². The van der Waals surface area contributed by atoms with Gasteiger partial charge in [-0.05, 0) is 74.6 Å². The largest absolute Gasteiger partial charge is 0.366 e. The number of rotatable bonds is 3. The zero-order valence-corrected chi connectivity index (χ0v) is 16.3. The summed E-state index contributed by atoms with van der Waals surface area (Å²) in [6, 6.07) is 2.79. The lowest BCUT2D eigenvalue weighted by Crippen LogP contribution is -2.18. The van der Waals surface area contributed by atoms with Gasteiger partial charge in [0.2, 0.25) is 5.91 Å². The molecule has 0 fully saturated rings. The molecule has 6 heteroatoms. The van der Waals surface area contributed by atoms with Crippen molar-refractivity contribution >= 4 is 40.7 Å². The van der Waals surface area contributed by atoms with Crippen molar-refractivity contribution in [2.45, 2.75) is 34.6 Å². The molecule has 2 aromatic carbocycles. The first-order chi connectivity index (χ1) is 11.6. The molecule has 25 heavy (non-hydrogen) atoms. The fraction of sp³-hybridized carbons (Fsp3) is 0.263. The number of carbonyl (C=O) groups is 2. The highest BCUT2D eigenvalue weighted by molar-refractivity contribution is 6.38. The maximum Gasteiger partial charge on any atom is 0.256 e. The molecule has 2 amide bonds. The van der Waals surface area contributed by atoms with Gasteiger partial charge in [-0.15, -0.1) is 0 Å². The zero-order chi connectivity index (χ0) is 19.0. The second-order valence-corrected chi connectivity index (χ2v) is 6.94. The Kier molecular flexibility index (Phi) is 5.45. The number of hydrogen-bond acceptors (Lipinski definition) is 2. The lowest BCUT2D eigenvalue weighted by atomic mass is 9.89. The molecule has 0 atom stereocenters. The fourth-order valence-corrected chi connectivity index (χ4v) is 3.38. The molecule has 0 radical (unpaired) electrons. The highest BCUT2D eigenvalue weighted by Gasteiger charge is 2.20. The SMILES string of the molecule is Cc1c(C)c(C)c(C(=O)Nc2cc(C(N)=O)c(Cl)cc2Cl)c(C)c1C. The van der Waals surface area contributed by atoms with E-state index in [0.717, 1.165) is 22.3 Å². The summed E-state index contributed by atoms with van der Waals surface area (Å²) in [5.74, 6) is -0.979. The molecule has 0 saturated carbocycles. The zero-order valence-electron chi connectivity index (χ0n) is 14.8. The molecule has 0 saturated heterocycles. The van der Waals surface area contributed by atoms with Gasteiger partial charge in [-0.2, -0.15) is 0 Å². The Balaban J connectivity index is 2.52. The van der Waals surface area contributed by atoms with Crippen molar-refractivity contribution in [2.75, 3.05) is 5.32 Å². The van der Waals surface area contributed by atoms with E-state index in [2.05, 4.69) is 5.32 Å². The molecular formula is C19H20Cl2N2O2. The number of anilines is 1. The minimum atomic E-state index is -0.688. The van der Waals surface area contributed by atoms with Crippen LogP contribution >= 0.6 is 23.2 Å². The molecule has 2 rings (SSSR count). The predicted octanol–water partition coefficient (Wildman–Crippen LogP) is 4.89. The number of primary amides is 1. The van der Waals surface area contributed by atoms with Crippen molar-refractivity contribution in [3.05, 3.63) is 61.1 Å². The predicted molar refractivity (Wildman–Crippen MR) is 103 cm³/mol. The molecule has 0 unspecified atom stereocenters. The van der Waals surface area contributed by atoms with Crippen LogP contribution in [-0.2, 0) is 0 Å². The number of hydrogen-bond donors (Lipinski definition) is 2. The van der Waals surface area contributed by atoms with E-state index >= 15 is 0 Å². The van der Waals surface area contributed by atoms with Crippen molar-refractivity contribution in [2.24, 2.45) is 5.73 Å². The molecule has 0 heterocycles. The summed E-state index contributed by atoms with van der Waals surface area (Å²) in [5, 5.41) is 3.15. The van der Waals surface area contributed by atoms with Crippen LogP contribution < -0.4 is 11.1 Å². The monoisotopic (exact) mass is 378 g/mol. The van der Waals surface area contributed by atoms with Crippen molar-refractivity contribution in [3.8, 4) is 0 Å². The molecule has 0 aliphatic carbocycles. The Morgan fingerprint density at radius 3 is 1.80 bits per heavy atom. The van der Waals surface area contributed by atoms with Crippen molar-refractivity contribution in [1.82, 2.24) is 0 Å². The van der Waals surface area contributed by atoms with Crippen molar-refractivity contribution < 1.29 is 9.59 Å². The first-order valence-corrected chi connectivity index (χ1v) is 8.49. The van der Waals surface area contributed by atoms with Crippen LogP contribution in [-0.4, -0.2) is 11.8 Å². The van der Waals surface area contributed by atoms with Gasteiger partial charge in [-0.1, -0.05) is 23.2 Å². The second-order valence-electron chi connectivity index (χ2n) is 6.13. The minimum Gasteiger partial charge on any atom is -0.366 e. The Bertz CT molecular complexity index is 876. The van der Waals surface area contributed by atoms with Crippen molar-refractivity contribution in [1.29, 1.82) is 0 Å². The number of halogens is 2. The van der Waals surface area contributed by atoms with Gasteiger partial charge in [-0.3, -0.25) is 9.59 Å². The highest BCUT2D eigenvalue weighted by Crippen LogP contribution is 2.31. The van der Waals surface area contributed by atoms with Gasteiger partial charge >= 0.3 is 0 Å². The summed E-state index contributed by atoms with van der Waals surface area (Å²) in [7, 11) is 0. The maximum atomic E-state index is 12.9. The van der Waals surface area contributed by atoms with E-state index in [4.69, 9.17) is 28.9 Å². The van der Waals surface area contributed by atoms with Crippen LogP contribution in [0, 0.1) is 34.6 Å². The molecule has 0 spiro atoms. The Labute approximate surface area is 157 Å². The topological polar surface area (TPSA) is 72.2 Å². The lowest BCUT2D eigenvalue weighted by Gasteiger charge is -2.19. The summed E-state index contributed by atoms with van der Waals surface area (Å²) in [5.41, 5.74) is 11.5. The van der Waals surface area contributed by atoms with E-state index in [-0.39, 0.29) is 21.5 Å². The number of nitrogens with two attached hydrogens (primary N) is 1. The number of amides is 2. The van der Waals surface area contributed by atoms with Crippen molar-refractivity contribution in [3.63, 3.8) is 0 Å². The normalized spacial score (nSPS) is 10.7. The average molecular weight is 379 g/mol. The number of benzene rings is 2. The summed E-state index contributed by atoms with van der Waals surface area (Å²) in [6.07, 6.45) is 0. The van der Waals surface area contributed by atoms with E-state index in [1.165, 1.54) is 17.7 Å². The first-order valence-electron chi connectivity index (χ1n) is 7.73. The van der Waals surface area contributed by atoms with Crippen LogP contribution in [0.5, 0.6) is 0 Å². The Morgan fingerprint density at radius 2 is 1.32 bits per heavy atom. The van der Waals surface area contributed by atoms with Gasteiger partial charge in [0.25, 0.3) is 5.91 Å². The summed E-state index contributed by atoms with van der Waals surface area (Å²) < 4.78 is 0.